The van der Waals surface area contributed by atoms with Gasteiger partial charge in [-0.3, -0.25) is 19.3 Å². The number of nitrogens with one attached hydrogen (secondary N) is 1. The van der Waals surface area contributed by atoms with Gasteiger partial charge >= 0.3 is 6.18 Å². The lowest BCUT2D eigenvalue weighted by molar-refractivity contribution is -0.137. The number of nitrogens with zero attached hydrogens (tertiary/aromatic N) is 1. The number of rotatable bonds is 8. The molecule has 1 aliphatic rings. The molecule has 0 saturated carbocycles. The van der Waals surface area contributed by atoms with E-state index in [2.05, 4.69) is 5.32 Å². The van der Waals surface area contributed by atoms with Crippen molar-refractivity contribution >= 4 is 51.4 Å². The van der Waals surface area contributed by atoms with Crippen molar-refractivity contribution in [3.05, 3.63) is 107 Å². The van der Waals surface area contributed by atoms with Crippen molar-refractivity contribution in [2.75, 3.05) is 19.0 Å². The van der Waals surface area contributed by atoms with Gasteiger partial charge in [0.15, 0.2) is 11.5 Å². The fourth-order valence-corrected chi connectivity index (χ4v) is 5.13. The van der Waals surface area contributed by atoms with E-state index in [0.717, 1.165) is 39.4 Å². The topological polar surface area (TPSA) is 84.9 Å². The van der Waals surface area contributed by atoms with Crippen LogP contribution in [-0.2, 0) is 22.4 Å². The van der Waals surface area contributed by atoms with Crippen molar-refractivity contribution in [1.82, 2.24) is 4.90 Å². The van der Waals surface area contributed by atoms with Crippen molar-refractivity contribution in [1.29, 1.82) is 0 Å². The first-order chi connectivity index (χ1) is 20.1. The fraction of sp³-hybridized carbons (Fsp3) is 0.129. The van der Waals surface area contributed by atoms with Crippen molar-refractivity contribution in [3.8, 4) is 11.5 Å². The Balaban J connectivity index is 1.24. The quantitative estimate of drug-likeness (QED) is 0.219. The lowest BCUT2D eigenvalue weighted by Crippen LogP contribution is -2.36. The monoisotopic (exact) mass is 592 g/mol. The van der Waals surface area contributed by atoms with Crippen LogP contribution in [0.5, 0.6) is 11.5 Å². The van der Waals surface area contributed by atoms with Crippen LogP contribution in [-0.4, -0.2) is 35.6 Å². The average Bonchev–Trinajstić information content (AvgIpc) is 3.23. The summed E-state index contributed by atoms with van der Waals surface area (Å²) >= 11 is 0.654. The predicted molar refractivity (Wildman–Crippen MR) is 154 cm³/mol. The van der Waals surface area contributed by atoms with E-state index in [4.69, 9.17) is 9.47 Å². The SMILES string of the molecule is COc1cc(/C=C2\SC(=O)N(CC(=O)Nc3cccc(C(F)(F)F)c3)C2=O)ccc1OCc1ccc2ccccc2c1. The Bertz CT molecular complexity index is 1720. The van der Waals surface area contributed by atoms with E-state index in [0.29, 0.717) is 35.4 Å². The number of ether oxygens (including phenoxy) is 2. The molecule has 1 heterocycles. The van der Waals surface area contributed by atoms with Crippen LogP contribution >= 0.6 is 11.8 Å². The summed E-state index contributed by atoms with van der Waals surface area (Å²) in [5, 5.41) is 3.85. The van der Waals surface area contributed by atoms with Gasteiger partial charge in [0.05, 0.1) is 17.6 Å². The van der Waals surface area contributed by atoms with Crippen LogP contribution in [0.15, 0.2) is 89.8 Å². The van der Waals surface area contributed by atoms with Crippen LogP contribution < -0.4 is 14.8 Å². The molecule has 1 saturated heterocycles. The van der Waals surface area contributed by atoms with Gasteiger partial charge in [0.25, 0.3) is 11.1 Å². The normalized spacial score (nSPS) is 14.5. The van der Waals surface area contributed by atoms with Gasteiger partial charge in [-0.25, -0.2) is 0 Å². The van der Waals surface area contributed by atoms with Gasteiger partial charge in [0, 0.05) is 5.69 Å². The average molecular weight is 593 g/mol. The number of halogens is 3. The number of amides is 3. The Labute approximate surface area is 242 Å². The van der Waals surface area contributed by atoms with Gasteiger partial charge in [-0.15, -0.1) is 0 Å². The highest BCUT2D eigenvalue weighted by atomic mass is 32.2. The van der Waals surface area contributed by atoms with Crippen LogP contribution in [0.1, 0.15) is 16.7 Å². The number of thioether (sulfide) groups is 1. The Kier molecular flexibility index (Phi) is 8.21. The maximum Gasteiger partial charge on any atom is 0.416 e. The van der Waals surface area contributed by atoms with Crippen molar-refractivity contribution in [2.24, 2.45) is 0 Å². The summed E-state index contributed by atoms with van der Waals surface area (Å²) in [7, 11) is 1.49. The zero-order valence-electron chi connectivity index (χ0n) is 22.1. The summed E-state index contributed by atoms with van der Waals surface area (Å²) < 4.78 is 50.3. The number of methoxy groups -OCH3 is 1. The molecular formula is C31H23F3N2O5S. The smallest absolute Gasteiger partial charge is 0.416 e. The summed E-state index contributed by atoms with van der Waals surface area (Å²) in [5.74, 6) is -0.598. The second kappa shape index (κ2) is 12.0. The molecule has 1 aliphatic heterocycles. The minimum Gasteiger partial charge on any atom is -0.493 e. The third kappa shape index (κ3) is 6.58. The molecule has 42 heavy (non-hydrogen) atoms. The van der Waals surface area contributed by atoms with Crippen LogP contribution in [0.4, 0.5) is 23.7 Å². The molecule has 4 aromatic carbocycles. The Hall–Kier alpha value is -4.77. The zero-order chi connectivity index (χ0) is 29.9. The molecule has 0 unspecified atom stereocenters. The Morgan fingerprint density at radius 3 is 2.48 bits per heavy atom. The molecule has 0 radical (unpaired) electrons. The number of carbonyl (C=O) groups excluding carboxylic acids is 3. The van der Waals surface area contributed by atoms with Gasteiger partial charge < -0.3 is 14.8 Å². The van der Waals surface area contributed by atoms with Gasteiger partial charge in [-0.05, 0) is 76.1 Å². The van der Waals surface area contributed by atoms with E-state index in [9.17, 15) is 27.6 Å². The Morgan fingerprint density at radius 2 is 1.71 bits per heavy atom. The molecule has 7 nitrogen and oxygen atoms in total. The maximum absolute atomic E-state index is 12.9. The van der Waals surface area contributed by atoms with Crippen molar-refractivity contribution in [2.45, 2.75) is 12.8 Å². The molecule has 0 aromatic heterocycles. The number of alkyl halides is 3. The minimum absolute atomic E-state index is 0.0822. The number of fused-ring (bicyclic) bond motifs is 1. The van der Waals surface area contributed by atoms with Crippen molar-refractivity contribution < 1.29 is 37.0 Å². The fourth-order valence-electron chi connectivity index (χ4n) is 4.29. The summed E-state index contributed by atoms with van der Waals surface area (Å²) in [6.45, 7) is -0.342. The lowest BCUT2D eigenvalue weighted by Gasteiger charge is -2.13. The minimum atomic E-state index is -4.58. The lowest BCUT2D eigenvalue weighted by atomic mass is 10.1. The molecule has 0 atom stereocenters. The maximum atomic E-state index is 12.9. The standard InChI is InChI=1S/C31H23F3N2O5S/c1-40-26-14-19(10-12-25(26)41-18-20-9-11-21-5-2-3-6-22(21)13-20)15-27-29(38)36(30(39)42-27)17-28(37)35-24-8-4-7-23(16-24)31(32,33)34/h2-16H,17-18H2,1H3,(H,35,37)/b27-15-. The van der Waals surface area contributed by atoms with E-state index in [1.165, 1.54) is 19.3 Å². The molecule has 0 bridgehead atoms. The second-order valence-electron chi connectivity index (χ2n) is 9.28. The molecule has 4 aromatic rings. The highest BCUT2D eigenvalue weighted by Crippen LogP contribution is 2.35. The third-order valence-electron chi connectivity index (χ3n) is 6.34. The van der Waals surface area contributed by atoms with E-state index < -0.39 is 35.3 Å². The van der Waals surface area contributed by atoms with Crippen molar-refractivity contribution in [3.63, 3.8) is 0 Å². The molecule has 214 valence electrons. The van der Waals surface area contributed by atoms with Crippen LogP contribution in [0.3, 0.4) is 0 Å². The van der Waals surface area contributed by atoms with E-state index in [1.54, 1.807) is 18.2 Å². The second-order valence-corrected chi connectivity index (χ2v) is 10.3. The summed E-state index contributed by atoms with van der Waals surface area (Å²) in [6.07, 6.45) is -3.09. The largest absolute Gasteiger partial charge is 0.493 e. The van der Waals surface area contributed by atoms with E-state index in [-0.39, 0.29) is 10.6 Å². The molecule has 1 fully saturated rings. The third-order valence-corrected chi connectivity index (χ3v) is 7.25. The van der Waals surface area contributed by atoms with Gasteiger partial charge in [-0.1, -0.05) is 48.5 Å². The number of carbonyl (C=O) groups is 3. The highest BCUT2D eigenvalue weighted by Gasteiger charge is 2.36. The molecule has 5 rings (SSSR count). The number of benzene rings is 4. The molecule has 1 N–H and O–H groups in total. The number of anilines is 1. The predicted octanol–water partition coefficient (Wildman–Crippen LogP) is 7.12. The first-order valence-corrected chi connectivity index (χ1v) is 13.4. The summed E-state index contributed by atoms with van der Waals surface area (Å²) in [6, 6.07) is 23.2. The molecular weight excluding hydrogens is 569 g/mol. The Morgan fingerprint density at radius 1 is 0.929 bits per heavy atom. The van der Waals surface area contributed by atoms with Gasteiger partial charge in [0.1, 0.15) is 13.2 Å². The number of hydrogen-bond donors (Lipinski definition) is 1. The molecule has 11 heteroatoms. The molecule has 0 aliphatic carbocycles. The van der Waals surface area contributed by atoms with Crippen LogP contribution in [0, 0.1) is 0 Å². The zero-order valence-corrected chi connectivity index (χ0v) is 22.9. The summed E-state index contributed by atoms with van der Waals surface area (Å²) in [5.41, 5.74) is 0.497. The summed E-state index contributed by atoms with van der Waals surface area (Å²) in [4.78, 5) is 38.6. The van der Waals surface area contributed by atoms with Crippen LogP contribution in [0.2, 0.25) is 0 Å². The highest BCUT2D eigenvalue weighted by molar-refractivity contribution is 8.18. The van der Waals surface area contributed by atoms with Crippen LogP contribution in [0.25, 0.3) is 16.8 Å². The number of imide groups is 1. The first-order valence-electron chi connectivity index (χ1n) is 12.6. The van der Waals surface area contributed by atoms with Gasteiger partial charge in [0.2, 0.25) is 5.91 Å². The molecule has 0 spiro atoms. The number of hydrogen-bond acceptors (Lipinski definition) is 6. The van der Waals surface area contributed by atoms with Gasteiger partial charge in [-0.2, -0.15) is 13.2 Å². The first kappa shape index (κ1) is 28.7. The van der Waals surface area contributed by atoms with E-state index in [1.807, 2.05) is 42.5 Å². The molecule has 3 amide bonds. The van der Waals surface area contributed by atoms with E-state index >= 15 is 0 Å².